The third kappa shape index (κ3) is 2.53. The van der Waals surface area contributed by atoms with Crippen molar-refractivity contribution in [3.63, 3.8) is 0 Å². The van der Waals surface area contributed by atoms with E-state index >= 15 is 0 Å². The van der Waals surface area contributed by atoms with Gasteiger partial charge < -0.3 is 9.64 Å². The van der Waals surface area contributed by atoms with Crippen LogP contribution >= 0.6 is 0 Å². The van der Waals surface area contributed by atoms with E-state index in [2.05, 4.69) is 22.9 Å². The summed E-state index contributed by atoms with van der Waals surface area (Å²) in [4.78, 5) is 13.1. The lowest BCUT2D eigenvalue weighted by atomic mass is 10.2. The number of ether oxygens (including phenoxy) is 1. The molecule has 0 aliphatic carbocycles. The quantitative estimate of drug-likeness (QED) is 0.682. The molecule has 0 fully saturated rings. The van der Waals surface area contributed by atoms with Gasteiger partial charge >= 0.3 is 6.09 Å². The van der Waals surface area contributed by atoms with Crippen molar-refractivity contribution >= 4 is 11.7 Å². The van der Waals surface area contributed by atoms with Crippen molar-refractivity contribution in [3.05, 3.63) is 54.9 Å². The van der Waals surface area contributed by atoms with Gasteiger partial charge in [0.1, 0.15) is 11.9 Å². The molecule has 2 aromatic heterocycles. The van der Waals surface area contributed by atoms with Crippen molar-refractivity contribution in [2.24, 2.45) is 7.05 Å². The molecule has 112 valence electrons. The third-order valence-corrected chi connectivity index (χ3v) is 3.54. The Morgan fingerprint density at radius 1 is 1.18 bits per heavy atom. The molecular weight excluding hydrogens is 278 g/mol. The van der Waals surface area contributed by atoms with Gasteiger partial charge in [-0.1, -0.05) is 30.3 Å². The minimum absolute atomic E-state index is 0.387. The van der Waals surface area contributed by atoms with Gasteiger partial charge in [0.15, 0.2) is 5.69 Å². The number of imidazole rings is 1. The monoisotopic (exact) mass is 296 g/mol. The van der Waals surface area contributed by atoms with Gasteiger partial charge in [-0.3, -0.25) is 0 Å². The Morgan fingerprint density at radius 3 is 2.59 bits per heavy atom. The van der Waals surface area contributed by atoms with Crippen LogP contribution in [-0.4, -0.2) is 29.7 Å². The minimum Gasteiger partial charge on any atom is -0.410 e. The van der Waals surface area contributed by atoms with Crippen LogP contribution in [0.2, 0.25) is 0 Å². The minimum atomic E-state index is -0.387. The Morgan fingerprint density at radius 2 is 1.91 bits per heavy atom. The number of fused-ring (bicyclic) bond motifs is 1. The highest BCUT2D eigenvalue weighted by molar-refractivity contribution is 5.70. The Balaban J connectivity index is 2.03. The highest BCUT2D eigenvalue weighted by Gasteiger charge is 2.17. The highest BCUT2D eigenvalue weighted by Crippen LogP contribution is 2.21. The molecule has 1 amide bonds. The summed E-state index contributed by atoms with van der Waals surface area (Å²) in [5, 5.41) is 0. The van der Waals surface area contributed by atoms with Gasteiger partial charge in [0.2, 0.25) is 0 Å². The molecule has 5 heteroatoms. The predicted molar refractivity (Wildman–Crippen MR) is 83.7 cm³/mol. The summed E-state index contributed by atoms with van der Waals surface area (Å²) in [5.74, 6) is 0.527. The van der Waals surface area contributed by atoms with Gasteiger partial charge in [0.05, 0.1) is 19.3 Å². The number of benzene rings is 1. The molecule has 3 aromatic rings. The average molecular weight is 296 g/mol. The predicted octanol–water partition coefficient (Wildman–Crippen LogP) is 2.49. The Bertz CT molecular complexity index is 823. The first-order chi connectivity index (χ1) is 10.6. The first-order valence-electron chi connectivity index (χ1n) is 7.01. The molecule has 0 aliphatic rings. The second-order valence-electron chi connectivity index (χ2n) is 5.33. The first kappa shape index (κ1) is 14.1. The molecule has 22 heavy (non-hydrogen) atoms. The van der Waals surface area contributed by atoms with Gasteiger partial charge in [-0.15, -0.1) is 0 Å². The Labute approximate surface area is 129 Å². The van der Waals surface area contributed by atoms with Crippen LogP contribution in [-0.2, 0) is 7.05 Å². The number of aryl methyl sites for hydroxylation is 1. The highest BCUT2D eigenvalue weighted by atomic mass is 16.6. The summed E-state index contributed by atoms with van der Waals surface area (Å²) in [6.45, 7) is 0. The number of hydrogen-bond acceptors (Lipinski definition) is 2. The van der Waals surface area contributed by atoms with Gasteiger partial charge in [-0.25, -0.2) is 13.8 Å². The van der Waals surface area contributed by atoms with Crippen molar-refractivity contribution in [2.45, 2.75) is 0 Å². The number of aromatic nitrogens is 2. The summed E-state index contributed by atoms with van der Waals surface area (Å²) in [6, 6.07) is 13.8. The van der Waals surface area contributed by atoms with E-state index in [-0.39, 0.29) is 6.09 Å². The van der Waals surface area contributed by atoms with E-state index in [9.17, 15) is 4.79 Å². The van der Waals surface area contributed by atoms with Crippen molar-refractivity contribution in [1.82, 2.24) is 9.47 Å². The van der Waals surface area contributed by atoms with Crippen LogP contribution in [0.25, 0.3) is 16.9 Å². The Kier molecular flexibility index (Phi) is 3.55. The third-order valence-electron chi connectivity index (χ3n) is 3.54. The number of nitrogens with zero attached hydrogens (tertiary/aromatic N) is 3. The molecule has 2 heterocycles. The molecule has 0 N–H and O–H groups in total. The van der Waals surface area contributed by atoms with Crippen molar-refractivity contribution in [2.75, 3.05) is 14.1 Å². The lowest BCUT2D eigenvalue weighted by Crippen LogP contribution is -2.26. The number of carbonyl (C=O) groups excluding carboxylic acids is 1. The van der Waals surface area contributed by atoms with E-state index in [1.807, 2.05) is 41.9 Å². The zero-order valence-corrected chi connectivity index (χ0v) is 12.9. The first-order valence-corrected chi connectivity index (χ1v) is 7.01. The summed E-state index contributed by atoms with van der Waals surface area (Å²) in [6.07, 6.45) is 3.56. The normalized spacial score (nSPS) is 10.7. The fraction of sp³-hybridized carbons (Fsp3) is 0.176. The number of amides is 1. The molecule has 0 spiro atoms. The number of carbonyl (C=O) groups is 1. The maximum absolute atomic E-state index is 11.7. The van der Waals surface area contributed by atoms with Gasteiger partial charge in [-0.2, -0.15) is 0 Å². The molecule has 0 atom stereocenters. The van der Waals surface area contributed by atoms with Crippen LogP contribution in [0.4, 0.5) is 4.79 Å². The Hall–Kier alpha value is -2.82. The molecule has 5 nitrogen and oxygen atoms in total. The zero-order valence-electron chi connectivity index (χ0n) is 12.9. The summed E-state index contributed by atoms with van der Waals surface area (Å²) in [7, 11) is 5.31. The van der Waals surface area contributed by atoms with Crippen LogP contribution in [0.1, 0.15) is 0 Å². The number of hydrogen-bond donors (Lipinski definition) is 0. The molecule has 0 aliphatic heterocycles. The van der Waals surface area contributed by atoms with E-state index in [1.54, 1.807) is 20.2 Å². The second kappa shape index (κ2) is 5.52. The molecule has 3 rings (SSSR count). The molecule has 0 saturated heterocycles. The molecule has 0 saturated carbocycles. The summed E-state index contributed by atoms with van der Waals surface area (Å²) < 4.78 is 9.40. The lowest BCUT2D eigenvalue weighted by molar-refractivity contribution is -0.510. The molecule has 1 aromatic carbocycles. The van der Waals surface area contributed by atoms with E-state index in [0.29, 0.717) is 5.75 Å². The maximum atomic E-state index is 11.7. The largest absolute Gasteiger partial charge is 0.414 e. The van der Waals surface area contributed by atoms with Crippen LogP contribution in [0, 0.1) is 0 Å². The van der Waals surface area contributed by atoms with Crippen LogP contribution in [0.15, 0.2) is 54.9 Å². The van der Waals surface area contributed by atoms with Gasteiger partial charge in [0.25, 0.3) is 5.65 Å². The molecule has 0 bridgehead atoms. The van der Waals surface area contributed by atoms with E-state index in [1.165, 1.54) is 4.90 Å². The summed E-state index contributed by atoms with van der Waals surface area (Å²) in [5.41, 5.74) is 3.18. The van der Waals surface area contributed by atoms with Crippen LogP contribution in [0.5, 0.6) is 5.75 Å². The van der Waals surface area contributed by atoms with Crippen LogP contribution in [0.3, 0.4) is 0 Å². The van der Waals surface area contributed by atoms with Crippen molar-refractivity contribution in [1.29, 1.82) is 0 Å². The van der Waals surface area contributed by atoms with Gasteiger partial charge in [0, 0.05) is 25.7 Å². The fourth-order valence-electron chi connectivity index (χ4n) is 2.33. The smallest absolute Gasteiger partial charge is 0.410 e. The van der Waals surface area contributed by atoms with Crippen molar-refractivity contribution < 1.29 is 13.9 Å². The average Bonchev–Trinajstić information content (AvgIpc) is 2.85. The number of rotatable bonds is 2. The van der Waals surface area contributed by atoms with Gasteiger partial charge in [-0.05, 0) is 0 Å². The molecular formula is C17H18N3O2+. The van der Waals surface area contributed by atoms with E-state index in [0.717, 1.165) is 16.9 Å². The SMILES string of the molecule is CN(C)C(=O)Oc1cc[n+]2cc(-c3ccccc3)n(C)c2c1. The lowest BCUT2D eigenvalue weighted by Gasteiger charge is -2.09. The summed E-state index contributed by atoms with van der Waals surface area (Å²) >= 11 is 0. The zero-order chi connectivity index (χ0) is 15.7. The van der Waals surface area contributed by atoms with E-state index < -0.39 is 0 Å². The van der Waals surface area contributed by atoms with Crippen LogP contribution < -0.4 is 9.14 Å². The molecule has 0 radical (unpaired) electrons. The topological polar surface area (TPSA) is 38.6 Å². The van der Waals surface area contributed by atoms with Crippen molar-refractivity contribution in [3.8, 4) is 17.0 Å². The second-order valence-corrected chi connectivity index (χ2v) is 5.33. The molecule has 0 unspecified atom stereocenters. The standard InChI is InChI=1S/C17H18N3O2/c1-18(2)17(21)22-14-9-10-20-12-15(19(3)16(20)11-14)13-7-5-4-6-8-13/h4-12H,1-3H3/q+1. The maximum Gasteiger partial charge on any atom is 0.414 e. The fourth-order valence-corrected chi connectivity index (χ4v) is 2.33. The number of pyridine rings is 1. The van der Waals surface area contributed by atoms with E-state index in [4.69, 9.17) is 4.74 Å².